The first-order chi connectivity index (χ1) is 31.6. The van der Waals surface area contributed by atoms with Gasteiger partial charge in [-0.1, -0.05) is 134 Å². The Morgan fingerprint density at radius 3 is 1.86 bits per heavy atom. The van der Waals surface area contributed by atoms with E-state index in [-0.39, 0.29) is 10.8 Å². The van der Waals surface area contributed by atoms with E-state index < -0.39 is 0 Å². The number of aryl methyl sites for hydroxylation is 2. The zero-order chi connectivity index (χ0) is 46.1. The first kappa shape index (κ1) is 42.8. The molecule has 0 saturated heterocycles. The van der Waals surface area contributed by atoms with Crippen molar-refractivity contribution in [2.75, 3.05) is 16.5 Å². The van der Waals surface area contributed by atoms with Gasteiger partial charge in [0.15, 0.2) is 0 Å². The third-order valence-electron chi connectivity index (χ3n) is 13.5. The van der Waals surface area contributed by atoms with Crippen LogP contribution in [0.25, 0.3) is 49.9 Å². The number of benzene rings is 7. The van der Waals surface area contributed by atoms with Crippen LogP contribution in [-0.2, 0) is 10.8 Å². The average molecular weight is 865 g/mol. The Labute approximate surface area is 391 Å². The molecule has 330 valence electrons. The number of nitrogens with zero attached hydrogens (tertiary/aromatic N) is 4. The molecule has 0 amide bonds. The van der Waals surface area contributed by atoms with Crippen molar-refractivity contribution in [3.05, 3.63) is 192 Å². The largest absolute Gasteiger partial charge is 0.457 e. The molecular formula is C61H60N4O. The summed E-state index contributed by atoms with van der Waals surface area (Å²) < 4.78 is 9.38. The molecule has 0 bridgehead atoms. The van der Waals surface area contributed by atoms with E-state index in [1.807, 2.05) is 6.20 Å². The molecule has 0 spiro atoms. The number of fused-ring (bicyclic) bond motifs is 4. The van der Waals surface area contributed by atoms with E-state index in [2.05, 4.69) is 241 Å². The second-order valence-electron chi connectivity index (χ2n) is 20.6. The standard InChI is InChI=1S/C61H60N4O/c1-39(2)51-20-14-15-21-52(51)44-32-48(64-38-63(57-28-40(3)41(4)29-58(57)64)47-31-43(42-18-12-11-13-19-42)30-46(34-47)61(8,9)10)36-50(33-44)66-49-24-25-54-53-22-16-17-23-55(53)65(56(54)37-49)59-35-45(26-27-62-59)60(5,6)7/h11-37,39H,38H2,1-10H3. The summed E-state index contributed by atoms with van der Waals surface area (Å²) in [6.07, 6.45) is 1.93. The van der Waals surface area contributed by atoms with Gasteiger partial charge < -0.3 is 14.5 Å². The van der Waals surface area contributed by atoms with Crippen molar-refractivity contribution in [3.63, 3.8) is 0 Å². The Balaban J connectivity index is 1.13. The Kier molecular flexibility index (Phi) is 10.6. The molecule has 1 aliphatic rings. The predicted octanol–water partition coefficient (Wildman–Crippen LogP) is 16.9. The molecule has 9 aromatic rings. The summed E-state index contributed by atoms with van der Waals surface area (Å²) in [6, 6.07) is 57.7. The van der Waals surface area contributed by atoms with Crippen molar-refractivity contribution >= 4 is 44.6 Å². The SMILES string of the molecule is Cc1cc2c(cc1C)N(c1cc(-c3ccccc3)cc(C(C)(C)C)c1)CN2c1cc(Oc2ccc3c4ccccc4n(-c4cc(C(C)(C)C)ccn4)c3c2)cc(-c2ccccc2C(C)C)c1. The fourth-order valence-electron chi connectivity index (χ4n) is 9.57. The molecule has 7 aromatic carbocycles. The summed E-state index contributed by atoms with van der Waals surface area (Å²) in [7, 11) is 0. The van der Waals surface area contributed by atoms with Gasteiger partial charge in [0.25, 0.3) is 0 Å². The van der Waals surface area contributed by atoms with Crippen molar-refractivity contribution < 1.29 is 4.74 Å². The van der Waals surface area contributed by atoms with E-state index in [1.54, 1.807) is 0 Å². The topological polar surface area (TPSA) is 33.5 Å². The van der Waals surface area contributed by atoms with Crippen LogP contribution in [0.3, 0.4) is 0 Å². The molecule has 2 aromatic heterocycles. The monoisotopic (exact) mass is 864 g/mol. The minimum atomic E-state index is -0.0420. The minimum Gasteiger partial charge on any atom is -0.457 e. The number of aromatic nitrogens is 2. The van der Waals surface area contributed by atoms with Crippen molar-refractivity contribution in [1.82, 2.24) is 9.55 Å². The van der Waals surface area contributed by atoms with Crippen molar-refractivity contribution in [1.29, 1.82) is 0 Å². The average Bonchev–Trinajstić information content (AvgIpc) is 3.83. The van der Waals surface area contributed by atoms with E-state index >= 15 is 0 Å². The van der Waals surface area contributed by atoms with Crippen LogP contribution in [0.15, 0.2) is 164 Å². The van der Waals surface area contributed by atoms with E-state index in [4.69, 9.17) is 9.72 Å². The Morgan fingerprint density at radius 1 is 0.515 bits per heavy atom. The molecule has 10 rings (SSSR count). The molecule has 66 heavy (non-hydrogen) atoms. The van der Waals surface area contributed by atoms with Crippen molar-refractivity contribution in [3.8, 4) is 39.6 Å². The first-order valence-electron chi connectivity index (χ1n) is 23.4. The fraction of sp³-hybridized carbons (Fsp3) is 0.230. The van der Waals surface area contributed by atoms with Gasteiger partial charge in [0.05, 0.1) is 22.4 Å². The molecule has 1 aliphatic heterocycles. The highest BCUT2D eigenvalue weighted by Crippen LogP contribution is 2.49. The van der Waals surface area contributed by atoms with E-state index in [0.717, 1.165) is 45.0 Å². The molecule has 0 fully saturated rings. The van der Waals surface area contributed by atoms with Gasteiger partial charge in [0.1, 0.15) is 24.0 Å². The van der Waals surface area contributed by atoms with Gasteiger partial charge in [-0.05, 0) is 147 Å². The highest BCUT2D eigenvalue weighted by Gasteiger charge is 2.31. The highest BCUT2D eigenvalue weighted by molar-refractivity contribution is 6.09. The Hall–Kier alpha value is -7.11. The molecule has 3 heterocycles. The highest BCUT2D eigenvalue weighted by atomic mass is 16.5. The van der Waals surface area contributed by atoms with E-state index in [9.17, 15) is 0 Å². The molecule has 0 radical (unpaired) electrons. The van der Waals surface area contributed by atoms with Crippen LogP contribution in [-0.4, -0.2) is 16.2 Å². The predicted molar refractivity (Wildman–Crippen MR) is 279 cm³/mol. The van der Waals surface area contributed by atoms with Gasteiger partial charge in [-0.3, -0.25) is 4.57 Å². The number of hydrogen-bond donors (Lipinski definition) is 0. The number of rotatable bonds is 8. The van der Waals surface area contributed by atoms with Crippen LogP contribution < -0.4 is 14.5 Å². The summed E-state index contributed by atoms with van der Waals surface area (Å²) >= 11 is 0. The van der Waals surface area contributed by atoms with Crippen LogP contribution >= 0.6 is 0 Å². The van der Waals surface area contributed by atoms with Gasteiger partial charge in [-0.15, -0.1) is 0 Å². The summed E-state index contributed by atoms with van der Waals surface area (Å²) in [5, 5.41) is 2.34. The maximum Gasteiger partial charge on any atom is 0.137 e. The lowest BCUT2D eigenvalue weighted by Gasteiger charge is -2.27. The van der Waals surface area contributed by atoms with Gasteiger partial charge in [-0.2, -0.15) is 0 Å². The molecule has 5 nitrogen and oxygen atoms in total. The summed E-state index contributed by atoms with van der Waals surface area (Å²) in [5.74, 6) is 2.78. The van der Waals surface area contributed by atoms with Crippen molar-refractivity contribution in [2.45, 2.75) is 86.0 Å². The van der Waals surface area contributed by atoms with Gasteiger partial charge in [0, 0.05) is 40.5 Å². The maximum atomic E-state index is 7.10. The number of anilines is 4. The summed E-state index contributed by atoms with van der Waals surface area (Å²) in [4.78, 5) is 9.90. The quantitative estimate of drug-likeness (QED) is 0.152. The smallest absolute Gasteiger partial charge is 0.137 e. The van der Waals surface area contributed by atoms with Crippen LogP contribution in [0.2, 0.25) is 0 Å². The number of para-hydroxylation sites is 1. The maximum absolute atomic E-state index is 7.10. The van der Waals surface area contributed by atoms with Crippen LogP contribution in [0.4, 0.5) is 22.7 Å². The van der Waals surface area contributed by atoms with Gasteiger partial charge in [-0.25, -0.2) is 4.98 Å². The van der Waals surface area contributed by atoms with Gasteiger partial charge >= 0.3 is 0 Å². The molecule has 0 aliphatic carbocycles. The van der Waals surface area contributed by atoms with Crippen LogP contribution in [0.5, 0.6) is 11.5 Å². The molecule has 5 heteroatoms. The second kappa shape index (κ2) is 16.4. The zero-order valence-electron chi connectivity index (χ0n) is 40.1. The Morgan fingerprint density at radius 2 is 1.15 bits per heavy atom. The number of pyridine rings is 1. The second-order valence-corrected chi connectivity index (χ2v) is 20.6. The lowest BCUT2D eigenvalue weighted by Crippen LogP contribution is -2.24. The third kappa shape index (κ3) is 7.91. The molecule has 0 saturated carbocycles. The van der Waals surface area contributed by atoms with Crippen molar-refractivity contribution in [2.24, 2.45) is 0 Å². The van der Waals surface area contributed by atoms with E-state index in [1.165, 1.54) is 67.0 Å². The van der Waals surface area contributed by atoms with E-state index in [0.29, 0.717) is 12.6 Å². The van der Waals surface area contributed by atoms with Crippen LogP contribution in [0, 0.1) is 13.8 Å². The lowest BCUT2D eigenvalue weighted by molar-refractivity contribution is 0.483. The Bertz CT molecular complexity index is 3290. The third-order valence-corrected chi connectivity index (χ3v) is 13.5. The zero-order valence-corrected chi connectivity index (χ0v) is 40.1. The summed E-state index contributed by atoms with van der Waals surface area (Å²) in [6.45, 7) is 23.3. The number of hydrogen-bond acceptors (Lipinski definition) is 4. The first-order valence-corrected chi connectivity index (χ1v) is 23.4. The van der Waals surface area contributed by atoms with Gasteiger partial charge in [0.2, 0.25) is 0 Å². The molecule has 0 atom stereocenters. The lowest BCUT2D eigenvalue weighted by atomic mass is 9.85. The normalized spacial score (nSPS) is 13.0. The fourth-order valence-corrected chi connectivity index (χ4v) is 9.57. The number of ether oxygens (including phenoxy) is 1. The molecule has 0 N–H and O–H groups in total. The minimum absolute atomic E-state index is 0.0202. The summed E-state index contributed by atoms with van der Waals surface area (Å²) in [5.41, 5.74) is 17.9. The van der Waals surface area contributed by atoms with Crippen LogP contribution in [0.1, 0.15) is 89.1 Å². The molecular weight excluding hydrogens is 805 g/mol. The molecule has 0 unspecified atom stereocenters.